The lowest BCUT2D eigenvalue weighted by Crippen LogP contribution is -2.10. The molecule has 0 saturated heterocycles. The van der Waals surface area contributed by atoms with E-state index in [0.717, 1.165) is 114 Å². The highest BCUT2D eigenvalue weighted by molar-refractivity contribution is 6.00. The summed E-state index contributed by atoms with van der Waals surface area (Å²) in [6.45, 7) is 9.13. The van der Waals surface area contributed by atoms with Gasteiger partial charge in [-0.1, -0.05) is 258 Å². The van der Waals surface area contributed by atoms with Crippen LogP contribution in [0.2, 0.25) is 0 Å². The molecule has 0 radical (unpaired) electrons. The Hall–Kier alpha value is -12.0. The number of nitrogens with zero attached hydrogens (tertiary/aromatic N) is 4. The number of para-hydroxylation sites is 2. The largest absolute Gasteiger partial charge is 0.311 e. The zero-order valence-electron chi connectivity index (χ0n) is 56.0. The number of anilines is 12. The fraction of sp³-hybridized carbons (Fsp3) is 0.0851. The van der Waals surface area contributed by atoms with Gasteiger partial charge in [-0.25, -0.2) is 0 Å². The van der Waals surface area contributed by atoms with Gasteiger partial charge in [0.2, 0.25) is 0 Å². The summed E-state index contributed by atoms with van der Waals surface area (Å²) < 4.78 is 0. The molecule has 4 nitrogen and oxygen atoms in total. The molecule has 0 aliphatic heterocycles. The number of hydrogen-bond donors (Lipinski definition) is 0. The van der Waals surface area contributed by atoms with Gasteiger partial charge in [0, 0.05) is 67.6 Å². The minimum Gasteiger partial charge on any atom is -0.311 e. The summed E-state index contributed by atoms with van der Waals surface area (Å²) in [4.78, 5) is 9.46. The molecule has 0 fully saturated rings. The number of hydrogen-bond acceptors (Lipinski definition) is 4. The van der Waals surface area contributed by atoms with Gasteiger partial charge in [0.25, 0.3) is 0 Å². The third kappa shape index (κ3) is 12.9. The highest BCUT2D eigenvalue weighted by atomic mass is 15.2. The van der Waals surface area contributed by atoms with Crippen LogP contribution in [0.4, 0.5) is 68.2 Å². The predicted molar refractivity (Wildman–Crippen MR) is 419 cm³/mol. The molecule has 0 spiro atoms. The summed E-state index contributed by atoms with van der Waals surface area (Å²) in [6, 6.07) is 133. The van der Waals surface area contributed by atoms with Crippen LogP contribution in [0, 0.1) is 0 Å². The highest BCUT2D eigenvalue weighted by Crippen LogP contribution is 2.45. The van der Waals surface area contributed by atoms with Crippen molar-refractivity contribution in [3.63, 3.8) is 0 Å². The Morgan fingerprint density at radius 2 is 0.398 bits per heavy atom. The molecule has 0 heterocycles. The van der Waals surface area contributed by atoms with Crippen molar-refractivity contribution < 1.29 is 0 Å². The monoisotopic (exact) mass is 1260 g/mol. The molecule has 2 atom stereocenters. The van der Waals surface area contributed by atoms with Crippen LogP contribution in [-0.4, -0.2) is 0 Å². The zero-order valence-corrected chi connectivity index (χ0v) is 56.0. The van der Waals surface area contributed by atoms with E-state index < -0.39 is 0 Å². The maximum Gasteiger partial charge on any atom is 0.0540 e. The molecule has 98 heavy (non-hydrogen) atoms. The minimum absolute atomic E-state index is 0.488. The van der Waals surface area contributed by atoms with E-state index in [1.54, 1.807) is 0 Å². The van der Waals surface area contributed by atoms with E-state index in [2.05, 4.69) is 411 Å². The van der Waals surface area contributed by atoms with Crippen LogP contribution < -0.4 is 19.6 Å². The lowest BCUT2D eigenvalue weighted by Gasteiger charge is -2.27. The standard InChI is InChI=1S/C94H78N4/c1-5-67(3)69-35-51-83(52-36-69)95(87-59-43-75(44-60-87)77-47-63-89(64-48-77)97(81-23-9-7-10-24-81)93-29-17-21-79-19-13-15-27-91(79)93)85-55-39-73(40-56-85)71-31-33-72(34-32-71)74-41-57-86(58-42-74)96(84-53-37-70(38-54-84)68(4)6-2)88-61-45-76(46-62-88)78-49-65-90(66-50-78)98(82-25-11-8-12-26-82)94-30-18-22-80-20-14-16-28-92(80)94/h7-68H,5-6H2,1-4H3. The van der Waals surface area contributed by atoms with Crippen LogP contribution >= 0.6 is 0 Å². The van der Waals surface area contributed by atoms with Crippen molar-refractivity contribution in [3.8, 4) is 44.5 Å². The average Bonchev–Trinajstić information content (AvgIpc) is 0.872. The molecule has 4 heteroatoms. The number of rotatable bonds is 20. The summed E-state index contributed by atoms with van der Waals surface area (Å²) in [5.74, 6) is 0.975. The summed E-state index contributed by atoms with van der Waals surface area (Å²) >= 11 is 0. The number of benzene rings is 15. The van der Waals surface area contributed by atoms with Crippen molar-refractivity contribution in [2.24, 2.45) is 0 Å². The SMILES string of the molecule is CCC(C)c1ccc(N(c2ccc(-c3ccc(-c4ccc(N(c5ccc(-c6ccc(N(c7ccccc7)c7cccc8ccccc78)cc6)cc5)c5ccc(C(C)CC)cc5)cc4)cc3)cc2)c2ccc(-c3ccc(N(c4ccccc4)c4cccc5ccccc45)cc3)cc2)cc1. The maximum atomic E-state index is 2.37. The van der Waals surface area contributed by atoms with Crippen LogP contribution in [0.3, 0.4) is 0 Å². The molecule has 0 aromatic heterocycles. The minimum atomic E-state index is 0.488. The van der Waals surface area contributed by atoms with Gasteiger partial charge < -0.3 is 19.6 Å². The van der Waals surface area contributed by atoms with E-state index in [4.69, 9.17) is 0 Å². The van der Waals surface area contributed by atoms with Crippen molar-refractivity contribution >= 4 is 89.8 Å². The first-order valence-corrected chi connectivity index (χ1v) is 34.5. The van der Waals surface area contributed by atoms with Gasteiger partial charge in [-0.2, -0.15) is 0 Å². The van der Waals surface area contributed by atoms with Crippen molar-refractivity contribution in [3.05, 3.63) is 375 Å². The van der Waals surface area contributed by atoms with E-state index in [0.29, 0.717) is 11.8 Å². The fourth-order valence-electron chi connectivity index (χ4n) is 13.8. The Balaban J connectivity index is 0.670. The van der Waals surface area contributed by atoms with Gasteiger partial charge in [0.15, 0.2) is 0 Å². The van der Waals surface area contributed by atoms with Crippen molar-refractivity contribution in [2.75, 3.05) is 19.6 Å². The number of fused-ring (bicyclic) bond motifs is 2. The lowest BCUT2D eigenvalue weighted by atomic mass is 9.98. The molecule has 474 valence electrons. The van der Waals surface area contributed by atoms with Crippen LogP contribution in [0.1, 0.15) is 63.5 Å². The second-order valence-electron chi connectivity index (χ2n) is 25.7. The van der Waals surface area contributed by atoms with E-state index in [1.807, 2.05) is 0 Å². The molecular formula is C94H78N4. The van der Waals surface area contributed by atoms with Crippen LogP contribution in [0.15, 0.2) is 364 Å². The van der Waals surface area contributed by atoms with E-state index >= 15 is 0 Å². The molecule has 2 unspecified atom stereocenters. The van der Waals surface area contributed by atoms with E-state index in [9.17, 15) is 0 Å². The normalized spacial score (nSPS) is 11.9. The first-order valence-electron chi connectivity index (χ1n) is 34.5. The third-order valence-corrected chi connectivity index (χ3v) is 19.7. The van der Waals surface area contributed by atoms with Crippen molar-refractivity contribution in [1.29, 1.82) is 0 Å². The molecule has 0 aliphatic carbocycles. The van der Waals surface area contributed by atoms with Crippen LogP contribution in [0.5, 0.6) is 0 Å². The molecule has 0 N–H and O–H groups in total. The van der Waals surface area contributed by atoms with Gasteiger partial charge in [0.1, 0.15) is 0 Å². The van der Waals surface area contributed by atoms with Gasteiger partial charge in [0.05, 0.1) is 11.4 Å². The zero-order chi connectivity index (χ0) is 66.3. The Morgan fingerprint density at radius 3 is 0.663 bits per heavy atom. The summed E-state index contributed by atoms with van der Waals surface area (Å²) in [7, 11) is 0. The third-order valence-electron chi connectivity index (χ3n) is 19.7. The molecule has 15 rings (SSSR count). The lowest BCUT2D eigenvalue weighted by molar-refractivity contribution is 0.733. The topological polar surface area (TPSA) is 13.0 Å². The molecule has 15 aromatic rings. The molecular weight excluding hydrogens is 1190 g/mol. The molecule has 15 aromatic carbocycles. The fourth-order valence-corrected chi connectivity index (χ4v) is 13.8. The Morgan fingerprint density at radius 1 is 0.194 bits per heavy atom. The van der Waals surface area contributed by atoms with Gasteiger partial charge in [-0.15, -0.1) is 0 Å². The average molecular weight is 1260 g/mol. The first kappa shape index (κ1) is 62.2. The molecule has 0 amide bonds. The van der Waals surface area contributed by atoms with Crippen molar-refractivity contribution in [1.82, 2.24) is 0 Å². The van der Waals surface area contributed by atoms with Crippen molar-refractivity contribution in [2.45, 2.75) is 52.4 Å². The highest BCUT2D eigenvalue weighted by Gasteiger charge is 2.21. The Bertz CT molecular complexity index is 4790. The summed E-state index contributed by atoms with van der Waals surface area (Å²) in [5.41, 5.74) is 25.4. The smallest absolute Gasteiger partial charge is 0.0540 e. The van der Waals surface area contributed by atoms with Gasteiger partial charge in [-0.3, -0.25) is 0 Å². The molecule has 0 saturated carbocycles. The predicted octanol–water partition coefficient (Wildman–Crippen LogP) is 27.6. The second kappa shape index (κ2) is 28.1. The summed E-state index contributed by atoms with van der Waals surface area (Å²) in [5, 5.41) is 4.86. The maximum absolute atomic E-state index is 2.37. The van der Waals surface area contributed by atoms with E-state index in [1.165, 1.54) is 43.8 Å². The van der Waals surface area contributed by atoms with Gasteiger partial charge in [-0.05, 0) is 225 Å². The molecule has 0 bridgehead atoms. The van der Waals surface area contributed by atoms with Crippen LogP contribution in [-0.2, 0) is 0 Å². The second-order valence-corrected chi connectivity index (χ2v) is 25.7. The quantitative estimate of drug-likeness (QED) is 0.0754. The summed E-state index contributed by atoms with van der Waals surface area (Å²) in [6.07, 6.45) is 2.19. The van der Waals surface area contributed by atoms with Gasteiger partial charge >= 0.3 is 0 Å². The molecule has 0 aliphatic rings. The van der Waals surface area contributed by atoms with E-state index in [-0.39, 0.29) is 0 Å². The Labute approximate surface area is 577 Å². The first-order chi connectivity index (χ1) is 48.3. The Kier molecular flexibility index (Phi) is 17.9. The van der Waals surface area contributed by atoms with Crippen LogP contribution in [0.25, 0.3) is 66.1 Å².